The summed E-state index contributed by atoms with van der Waals surface area (Å²) in [4.78, 5) is 29.5. The number of phenols is 2. The first-order chi connectivity index (χ1) is 17.5. The summed E-state index contributed by atoms with van der Waals surface area (Å²) in [5.41, 5.74) is 17.5. The lowest BCUT2D eigenvalue weighted by Gasteiger charge is -2.08. The maximum absolute atomic E-state index is 12.1. The zero-order valence-corrected chi connectivity index (χ0v) is 21.0. The summed E-state index contributed by atoms with van der Waals surface area (Å²) in [7, 11) is 3.51. The van der Waals surface area contributed by atoms with Crippen LogP contribution in [-0.4, -0.2) is 46.6 Å². The molecule has 0 unspecified atom stereocenters. The Morgan fingerprint density at radius 3 is 1.53 bits per heavy atom. The molecular weight excluding hydrogens is 504 g/mol. The topological polar surface area (TPSA) is 196 Å². The zero-order valence-electron chi connectivity index (χ0n) is 19.3. The van der Waals surface area contributed by atoms with Crippen LogP contribution in [-0.2, 0) is 0 Å². The summed E-state index contributed by atoms with van der Waals surface area (Å²) in [5.74, 6) is 0.651. The van der Waals surface area contributed by atoms with Crippen molar-refractivity contribution < 1.29 is 19.8 Å². The van der Waals surface area contributed by atoms with E-state index in [-0.39, 0.29) is 45.8 Å². The van der Waals surface area contributed by atoms with Gasteiger partial charge in [0.1, 0.15) is 11.5 Å². The highest BCUT2D eigenvalue weighted by Gasteiger charge is 2.11. The molecule has 2 aromatic rings. The van der Waals surface area contributed by atoms with E-state index in [1.165, 1.54) is 36.4 Å². The van der Waals surface area contributed by atoms with Gasteiger partial charge in [0.2, 0.25) is 0 Å². The number of unbranched alkanes of at least 4 members (excludes halogenated alkanes) is 2. The molecule has 0 aliphatic carbocycles. The van der Waals surface area contributed by atoms with E-state index in [0.29, 0.717) is 13.1 Å². The third-order valence-electron chi connectivity index (χ3n) is 4.74. The molecule has 2 rings (SSSR count). The number of carbonyl (C=O) groups is 2. The molecule has 4 N–H and O–H groups in total. The van der Waals surface area contributed by atoms with Gasteiger partial charge in [0.25, 0.3) is 11.8 Å². The molecule has 14 heteroatoms. The van der Waals surface area contributed by atoms with Gasteiger partial charge in [-0.3, -0.25) is 9.59 Å². The average molecular weight is 531 g/mol. The summed E-state index contributed by atoms with van der Waals surface area (Å²) in [5, 5.41) is 32.1. The van der Waals surface area contributed by atoms with Crippen LogP contribution in [0.25, 0.3) is 20.9 Å². The summed E-state index contributed by atoms with van der Waals surface area (Å²) in [6.07, 6.45) is 3.47. The second-order valence-corrected chi connectivity index (χ2v) is 10.1. The molecule has 0 saturated heterocycles. The van der Waals surface area contributed by atoms with Crippen LogP contribution in [0.15, 0.2) is 46.6 Å². The van der Waals surface area contributed by atoms with E-state index in [2.05, 4.69) is 30.7 Å². The Hall–Kier alpha value is -3.70. The number of phenolic OH excluding ortho intramolecular Hbond substituents is 2. The standard InChI is InChI=1S/C22H26N8O4S2/c23-29-27-15-5-7-17(19(31)13-15)21(33)25-9-1-3-11-35-36-12-4-2-10-26-22(34)18-8-6-16(28-30-24)14-20(18)32/h5-8,13-14,31-32H,1-4,9-12H2,(H,25,33)(H,26,34). The van der Waals surface area contributed by atoms with Crippen molar-refractivity contribution in [2.75, 3.05) is 24.6 Å². The molecule has 36 heavy (non-hydrogen) atoms. The van der Waals surface area contributed by atoms with E-state index >= 15 is 0 Å². The highest BCUT2D eigenvalue weighted by Crippen LogP contribution is 2.26. The van der Waals surface area contributed by atoms with E-state index in [9.17, 15) is 19.8 Å². The molecule has 0 fully saturated rings. The second-order valence-electron chi connectivity index (χ2n) is 7.35. The highest BCUT2D eigenvalue weighted by atomic mass is 33.1. The largest absolute Gasteiger partial charge is 0.507 e. The van der Waals surface area contributed by atoms with Crippen molar-refractivity contribution in [2.45, 2.75) is 25.7 Å². The first kappa shape index (κ1) is 28.5. The van der Waals surface area contributed by atoms with Crippen LogP contribution < -0.4 is 10.6 Å². The number of aromatic hydroxyl groups is 2. The number of nitrogens with one attached hydrogen (secondary N) is 2. The Balaban J connectivity index is 1.49. The van der Waals surface area contributed by atoms with Crippen LogP contribution in [0, 0.1) is 0 Å². The van der Waals surface area contributed by atoms with Crippen molar-refractivity contribution in [3.05, 3.63) is 68.4 Å². The third-order valence-corrected chi connectivity index (χ3v) is 7.31. The fourth-order valence-electron chi connectivity index (χ4n) is 2.94. The van der Waals surface area contributed by atoms with E-state index in [1.54, 1.807) is 21.6 Å². The van der Waals surface area contributed by atoms with Gasteiger partial charge >= 0.3 is 0 Å². The van der Waals surface area contributed by atoms with Gasteiger partial charge in [0.05, 0.1) is 11.1 Å². The molecule has 190 valence electrons. The number of hydrogen-bond donors (Lipinski definition) is 4. The van der Waals surface area contributed by atoms with Gasteiger partial charge < -0.3 is 20.8 Å². The van der Waals surface area contributed by atoms with Gasteiger partial charge in [0.15, 0.2) is 0 Å². The van der Waals surface area contributed by atoms with Gasteiger partial charge in [-0.15, -0.1) is 0 Å². The number of nitrogens with zero attached hydrogens (tertiary/aromatic N) is 6. The van der Waals surface area contributed by atoms with Gasteiger partial charge in [-0.05, 0) is 61.0 Å². The summed E-state index contributed by atoms with van der Waals surface area (Å²) in [6.45, 7) is 0.982. The Morgan fingerprint density at radius 2 is 1.17 bits per heavy atom. The molecule has 0 aliphatic heterocycles. The van der Waals surface area contributed by atoms with Crippen molar-refractivity contribution in [2.24, 2.45) is 10.2 Å². The van der Waals surface area contributed by atoms with Crippen LogP contribution in [0.1, 0.15) is 46.4 Å². The quantitative estimate of drug-likeness (QED) is 0.0706. The number of azide groups is 2. The first-order valence-corrected chi connectivity index (χ1v) is 13.5. The molecule has 0 saturated carbocycles. The number of carbonyl (C=O) groups excluding carboxylic acids is 2. The number of amides is 2. The van der Waals surface area contributed by atoms with Crippen molar-refractivity contribution in [3.8, 4) is 11.5 Å². The minimum absolute atomic E-state index is 0.132. The van der Waals surface area contributed by atoms with Gasteiger partial charge in [-0.25, -0.2) is 0 Å². The van der Waals surface area contributed by atoms with Crippen LogP contribution in [0.3, 0.4) is 0 Å². The first-order valence-electron chi connectivity index (χ1n) is 11.0. The Labute approximate surface area is 215 Å². The van der Waals surface area contributed by atoms with E-state index in [0.717, 1.165) is 37.2 Å². The van der Waals surface area contributed by atoms with E-state index in [4.69, 9.17) is 11.1 Å². The highest BCUT2D eigenvalue weighted by molar-refractivity contribution is 8.76. The Morgan fingerprint density at radius 1 is 0.750 bits per heavy atom. The molecule has 2 aromatic carbocycles. The summed E-state index contributed by atoms with van der Waals surface area (Å²) < 4.78 is 0. The smallest absolute Gasteiger partial charge is 0.255 e. The van der Waals surface area contributed by atoms with Crippen molar-refractivity contribution in [3.63, 3.8) is 0 Å². The van der Waals surface area contributed by atoms with Crippen LogP contribution in [0.4, 0.5) is 11.4 Å². The lowest BCUT2D eigenvalue weighted by atomic mass is 10.1. The van der Waals surface area contributed by atoms with Crippen molar-refractivity contribution >= 4 is 44.8 Å². The van der Waals surface area contributed by atoms with Crippen molar-refractivity contribution in [1.29, 1.82) is 0 Å². The molecule has 0 radical (unpaired) electrons. The molecule has 0 atom stereocenters. The third kappa shape index (κ3) is 9.88. The molecule has 0 spiro atoms. The predicted octanol–water partition coefficient (Wildman–Crippen LogP) is 6.08. The van der Waals surface area contributed by atoms with Gasteiger partial charge in [0, 0.05) is 45.8 Å². The number of hydrogen-bond acceptors (Lipinski definition) is 8. The van der Waals surface area contributed by atoms with Gasteiger partial charge in [-0.2, -0.15) is 0 Å². The van der Waals surface area contributed by atoms with Crippen molar-refractivity contribution in [1.82, 2.24) is 10.6 Å². The lowest BCUT2D eigenvalue weighted by Crippen LogP contribution is -2.24. The average Bonchev–Trinajstić information content (AvgIpc) is 2.85. The molecule has 12 nitrogen and oxygen atoms in total. The predicted molar refractivity (Wildman–Crippen MR) is 142 cm³/mol. The minimum Gasteiger partial charge on any atom is -0.507 e. The SMILES string of the molecule is [N-]=[N+]=Nc1ccc(C(=O)NCCCCSSCCCCNC(=O)c2ccc(N=[N+]=[N-])cc2O)c(O)c1. The maximum Gasteiger partial charge on any atom is 0.255 e. The number of rotatable bonds is 15. The molecule has 0 bridgehead atoms. The number of benzene rings is 2. The minimum atomic E-state index is -0.380. The van der Waals surface area contributed by atoms with Crippen LogP contribution in [0.5, 0.6) is 11.5 Å². The molecule has 0 aliphatic rings. The Kier molecular flexibility index (Phi) is 12.7. The van der Waals surface area contributed by atoms with Gasteiger partial charge in [-0.1, -0.05) is 43.9 Å². The lowest BCUT2D eigenvalue weighted by molar-refractivity contribution is 0.0942. The zero-order chi connectivity index (χ0) is 26.2. The summed E-state index contributed by atoms with van der Waals surface area (Å²) in [6, 6.07) is 8.26. The molecule has 2 amide bonds. The van der Waals surface area contributed by atoms with E-state index in [1.807, 2.05) is 0 Å². The fraction of sp³-hybridized carbons (Fsp3) is 0.364. The maximum atomic E-state index is 12.1. The Bertz CT molecular complexity index is 1060. The molecular formula is C22H26N8O4S2. The monoisotopic (exact) mass is 530 g/mol. The summed E-state index contributed by atoms with van der Waals surface area (Å²) >= 11 is 0. The van der Waals surface area contributed by atoms with Crippen LogP contribution in [0.2, 0.25) is 0 Å². The second kappa shape index (κ2) is 16.1. The molecule has 0 aromatic heterocycles. The fourth-order valence-corrected chi connectivity index (χ4v) is 5.23. The molecule has 0 heterocycles. The van der Waals surface area contributed by atoms with E-state index < -0.39 is 0 Å². The normalized spacial score (nSPS) is 10.1. The van der Waals surface area contributed by atoms with Crippen LogP contribution >= 0.6 is 21.6 Å².